The number of aryl methyl sites for hydroxylation is 1. The molecule has 1 aromatic heterocycles. The molecule has 14 heavy (non-hydrogen) atoms. The number of aromatic nitrogens is 1. The van der Waals surface area contributed by atoms with E-state index in [1.54, 1.807) is 6.07 Å². The Morgan fingerprint density at radius 1 is 1.64 bits per heavy atom. The number of carboxylic acid groups (broad SMARTS) is 1. The third-order valence-electron chi connectivity index (χ3n) is 2.66. The van der Waals surface area contributed by atoms with Crippen LogP contribution in [0.2, 0.25) is 0 Å². The minimum atomic E-state index is -1.06. The molecule has 0 amide bonds. The van der Waals surface area contributed by atoms with Crippen LogP contribution in [0.3, 0.4) is 0 Å². The summed E-state index contributed by atoms with van der Waals surface area (Å²) in [5, 5.41) is 18.6. The maximum atomic E-state index is 10.9. The number of nitrogens with zero attached hydrogens (tertiary/aromatic N) is 1. The van der Waals surface area contributed by atoms with Gasteiger partial charge in [0.25, 0.3) is 0 Å². The highest BCUT2D eigenvalue weighted by molar-refractivity contribution is 5.87. The average Bonchev–Trinajstić information content (AvgIpc) is 2.90. The van der Waals surface area contributed by atoms with Crippen molar-refractivity contribution in [2.24, 2.45) is 0 Å². The molecule has 0 bridgehead atoms. The molecular weight excluding hydrogens is 182 g/mol. The molecule has 2 N–H and O–H groups in total. The van der Waals surface area contributed by atoms with Gasteiger partial charge in [-0.1, -0.05) is 6.92 Å². The lowest BCUT2D eigenvalue weighted by atomic mass is 10.2. The van der Waals surface area contributed by atoms with Crippen molar-refractivity contribution >= 4 is 5.97 Å². The largest absolute Gasteiger partial charge is 0.476 e. The van der Waals surface area contributed by atoms with Gasteiger partial charge < -0.3 is 10.3 Å². The van der Waals surface area contributed by atoms with Gasteiger partial charge >= 0.3 is 5.97 Å². The lowest BCUT2D eigenvalue weighted by Crippen LogP contribution is -2.09. The van der Waals surface area contributed by atoms with Gasteiger partial charge in [0.05, 0.1) is 5.69 Å². The lowest BCUT2D eigenvalue weighted by Gasteiger charge is -2.01. The molecule has 1 aliphatic carbocycles. The van der Waals surface area contributed by atoms with Gasteiger partial charge in [0, 0.05) is 5.92 Å². The number of hydrogen-bond acceptors (Lipinski definition) is 2. The monoisotopic (exact) mass is 195 g/mol. The quantitative estimate of drug-likeness (QED) is 0.723. The summed E-state index contributed by atoms with van der Waals surface area (Å²) in [7, 11) is 0. The van der Waals surface area contributed by atoms with Crippen molar-refractivity contribution in [2.75, 3.05) is 0 Å². The van der Waals surface area contributed by atoms with Crippen LogP contribution in [0.15, 0.2) is 6.07 Å². The van der Waals surface area contributed by atoms with E-state index in [2.05, 4.69) is 0 Å². The van der Waals surface area contributed by atoms with Crippen molar-refractivity contribution < 1.29 is 15.1 Å². The minimum absolute atomic E-state index is 0.0226. The second-order valence-electron chi connectivity index (χ2n) is 3.69. The fourth-order valence-corrected chi connectivity index (χ4v) is 1.74. The summed E-state index contributed by atoms with van der Waals surface area (Å²) in [6.07, 6.45) is 2.73. The van der Waals surface area contributed by atoms with E-state index >= 15 is 0 Å². The summed E-state index contributed by atoms with van der Waals surface area (Å²) in [4.78, 5) is 10.9. The summed E-state index contributed by atoms with van der Waals surface area (Å²) in [6.45, 7) is 1.89. The molecule has 1 aliphatic rings. The third-order valence-corrected chi connectivity index (χ3v) is 2.66. The molecule has 4 heteroatoms. The molecule has 4 nitrogen and oxygen atoms in total. The Bertz CT molecular complexity index is 377. The van der Waals surface area contributed by atoms with Gasteiger partial charge in [-0.3, -0.25) is 0 Å². The molecule has 0 unspecified atom stereocenters. The van der Waals surface area contributed by atoms with E-state index in [1.807, 2.05) is 6.92 Å². The Morgan fingerprint density at radius 2 is 2.29 bits per heavy atom. The predicted octanol–water partition coefficient (Wildman–Crippen LogP) is 1.86. The Kier molecular flexibility index (Phi) is 1.98. The second-order valence-corrected chi connectivity index (χ2v) is 3.69. The molecule has 1 aromatic rings. The zero-order valence-electron chi connectivity index (χ0n) is 8.03. The van der Waals surface area contributed by atoms with Crippen molar-refractivity contribution in [1.29, 1.82) is 0 Å². The maximum absolute atomic E-state index is 10.9. The van der Waals surface area contributed by atoms with Gasteiger partial charge in [0.2, 0.25) is 0 Å². The van der Waals surface area contributed by atoms with Crippen LogP contribution in [0.5, 0.6) is 0 Å². The van der Waals surface area contributed by atoms with Gasteiger partial charge in [-0.25, -0.2) is 4.79 Å². The molecule has 0 aliphatic heterocycles. The SMILES string of the molecule is CCc1cc(C2CC2)n(O)c1C(=O)O. The highest BCUT2D eigenvalue weighted by Crippen LogP contribution is 2.41. The van der Waals surface area contributed by atoms with Crippen LogP contribution in [0.25, 0.3) is 0 Å². The van der Waals surface area contributed by atoms with Crippen LogP contribution in [0.1, 0.15) is 47.4 Å². The van der Waals surface area contributed by atoms with Crippen molar-refractivity contribution in [3.63, 3.8) is 0 Å². The molecule has 0 saturated heterocycles. The summed E-state index contributed by atoms with van der Waals surface area (Å²) < 4.78 is 0.846. The van der Waals surface area contributed by atoms with Crippen LogP contribution >= 0.6 is 0 Å². The molecule has 1 fully saturated rings. The summed E-state index contributed by atoms with van der Waals surface area (Å²) in [6, 6.07) is 1.81. The van der Waals surface area contributed by atoms with E-state index in [0.717, 1.165) is 23.3 Å². The topological polar surface area (TPSA) is 62.5 Å². The van der Waals surface area contributed by atoms with Crippen LogP contribution in [0.4, 0.5) is 0 Å². The zero-order valence-corrected chi connectivity index (χ0v) is 8.03. The number of hydrogen-bond donors (Lipinski definition) is 2. The van der Waals surface area contributed by atoms with E-state index in [-0.39, 0.29) is 5.69 Å². The Morgan fingerprint density at radius 3 is 2.64 bits per heavy atom. The number of aromatic carboxylic acids is 1. The summed E-state index contributed by atoms with van der Waals surface area (Å²) >= 11 is 0. The van der Waals surface area contributed by atoms with E-state index in [0.29, 0.717) is 17.9 Å². The Labute approximate surface area is 81.7 Å². The average molecular weight is 195 g/mol. The normalized spacial score (nSPS) is 15.8. The Hall–Kier alpha value is -1.45. The first-order valence-corrected chi connectivity index (χ1v) is 4.82. The van der Waals surface area contributed by atoms with E-state index < -0.39 is 5.97 Å². The first-order valence-electron chi connectivity index (χ1n) is 4.82. The van der Waals surface area contributed by atoms with E-state index in [4.69, 9.17) is 5.11 Å². The first kappa shape index (κ1) is 9.12. The smallest absolute Gasteiger partial charge is 0.356 e. The molecular formula is C10H13NO3. The van der Waals surface area contributed by atoms with Crippen LogP contribution in [-0.4, -0.2) is 21.0 Å². The molecule has 1 heterocycles. The zero-order chi connectivity index (χ0) is 10.3. The number of carboxylic acids is 1. The van der Waals surface area contributed by atoms with Gasteiger partial charge in [-0.15, -0.1) is 0 Å². The number of carbonyl (C=O) groups is 1. The van der Waals surface area contributed by atoms with Gasteiger partial charge in [-0.2, -0.15) is 4.73 Å². The first-order chi connectivity index (χ1) is 6.65. The fourth-order valence-electron chi connectivity index (χ4n) is 1.74. The predicted molar refractivity (Wildman–Crippen MR) is 49.9 cm³/mol. The minimum Gasteiger partial charge on any atom is -0.476 e. The van der Waals surface area contributed by atoms with Gasteiger partial charge in [0.1, 0.15) is 0 Å². The van der Waals surface area contributed by atoms with E-state index in [1.165, 1.54) is 0 Å². The van der Waals surface area contributed by atoms with E-state index in [9.17, 15) is 10.0 Å². The van der Waals surface area contributed by atoms with Crippen molar-refractivity contribution in [3.8, 4) is 0 Å². The van der Waals surface area contributed by atoms with Crippen LogP contribution in [0, 0.1) is 0 Å². The van der Waals surface area contributed by atoms with Crippen molar-refractivity contribution in [3.05, 3.63) is 23.0 Å². The second kappa shape index (κ2) is 3.04. The molecule has 2 rings (SSSR count). The molecule has 0 aromatic carbocycles. The molecule has 0 atom stereocenters. The van der Waals surface area contributed by atoms with Gasteiger partial charge in [-0.05, 0) is 30.9 Å². The summed E-state index contributed by atoms with van der Waals surface area (Å²) in [5.74, 6) is -0.699. The highest BCUT2D eigenvalue weighted by Gasteiger charge is 2.31. The van der Waals surface area contributed by atoms with Crippen molar-refractivity contribution in [2.45, 2.75) is 32.1 Å². The number of rotatable bonds is 3. The fraction of sp³-hybridized carbons (Fsp3) is 0.500. The van der Waals surface area contributed by atoms with Gasteiger partial charge in [0.15, 0.2) is 5.69 Å². The third kappa shape index (κ3) is 1.27. The molecule has 1 saturated carbocycles. The maximum Gasteiger partial charge on any atom is 0.356 e. The lowest BCUT2D eigenvalue weighted by molar-refractivity contribution is 0.0638. The van der Waals surface area contributed by atoms with Crippen LogP contribution < -0.4 is 0 Å². The standard InChI is InChI=1S/C10H13NO3/c1-2-6-5-8(7-3-4-7)11(14)9(6)10(12)13/h5,7,14H,2-4H2,1H3,(H,12,13). The molecule has 0 radical (unpaired) electrons. The van der Waals surface area contributed by atoms with Crippen LogP contribution in [-0.2, 0) is 6.42 Å². The van der Waals surface area contributed by atoms with Crippen molar-refractivity contribution in [1.82, 2.24) is 4.73 Å². The Balaban J connectivity index is 2.49. The highest BCUT2D eigenvalue weighted by atomic mass is 16.5. The molecule has 76 valence electrons. The summed E-state index contributed by atoms with van der Waals surface area (Å²) in [5.41, 5.74) is 1.48. The molecule has 0 spiro atoms.